The average Bonchev–Trinajstić information content (AvgIpc) is 3.32. The predicted octanol–water partition coefficient (Wildman–Crippen LogP) is 10.4. The van der Waals surface area contributed by atoms with E-state index in [9.17, 15) is 0 Å². The van der Waals surface area contributed by atoms with Gasteiger partial charge in [-0.15, -0.1) is 11.3 Å². The maximum Gasteiger partial charge on any atom is 0.0461 e. The van der Waals surface area contributed by atoms with Gasteiger partial charge in [0, 0.05) is 21.9 Å². The van der Waals surface area contributed by atoms with Crippen molar-refractivity contribution in [2.24, 2.45) is 0 Å². The highest BCUT2D eigenvalue weighted by atomic mass is 32.1. The lowest BCUT2D eigenvalue weighted by atomic mass is 10.0. The number of thiophene rings is 1. The molecule has 0 bridgehead atoms. The summed E-state index contributed by atoms with van der Waals surface area (Å²) in [4.78, 5) is 3.76. The van der Waals surface area contributed by atoms with Crippen molar-refractivity contribution in [2.75, 3.05) is 4.90 Å². The molecule has 3 aromatic carbocycles. The number of hydrogen-bond donors (Lipinski definition) is 0. The minimum atomic E-state index is 0. The molecule has 0 N–H and O–H groups in total. The van der Waals surface area contributed by atoms with Crippen molar-refractivity contribution in [3.63, 3.8) is 0 Å². The van der Waals surface area contributed by atoms with Gasteiger partial charge in [-0.25, -0.2) is 0 Å². The Morgan fingerprint density at radius 3 is 1.34 bits per heavy atom. The van der Waals surface area contributed by atoms with Crippen molar-refractivity contribution >= 4 is 28.4 Å². The van der Waals surface area contributed by atoms with Crippen LogP contribution in [-0.4, -0.2) is 0 Å². The molecule has 0 saturated heterocycles. The van der Waals surface area contributed by atoms with Gasteiger partial charge in [0.25, 0.3) is 0 Å². The summed E-state index contributed by atoms with van der Waals surface area (Å²) in [7, 11) is 0. The lowest BCUT2D eigenvalue weighted by molar-refractivity contribution is 0.866. The van der Waals surface area contributed by atoms with Gasteiger partial charge in [-0.1, -0.05) is 97.1 Å². The molecule has 1 heterocycles. The first-order valence-electron chi connectivity index (χ1n) is 10.6. The van der Waals surface area contributed by atoms with E-state index in [2.05, 4.69) is 135 Å². The second-order valence-corrected chi connectivity index (χ2v) is 8.90. The molecule has 0 atom stereocenters. The topological polar surface area (TPSA) is 3.24 Å². The highest BCUT2D eigenvalue weighted by Crippen LogP contribution is 2.34. The molecule has 0 aliphatic rings. The van der Waals surface area contributed by atoms with Gasteiger partial charge in [0.15, 0.2) is 0 Å². The molecule has 0 aliphatic carbocycles. The molecule has 0 amide bonds. The van der Waals surface area contributed by atoms with Gasteiger partial charge >= 0.3 is 0 Å². The molecule has 2 heteroatoms. The lowest BCUT2D eigenvalue weighted by Gasteiger charge is -2.25. The number of hydrogen-bond acceptors (Lipinski definition) is 2. The lowest BCUT2D eigenvalue weighted by Crippen LogP contribution is -2.09. The van der Waals surface area contributed by atoms with Crippen LogP contribution in [0.4, 0.5) is 17.1 Å². The molecule has 1 aromatic heterocycles. The Labute approximate surface area is 200 Å². The Balaban J connectivity index is 0.000000437. The Bertz CT molecular complexity index is 933. The molecule has 0 radical (unpaired) electrons. The number of nitrogens with zero attached hydrogens (tertiary/aromatic N) is 1. The molecule has 0 unspecified atom stereocenters. The molecule has 4 rings (SSSR count). The smallest absolute Gasteiger partial charge is 0.0461 e. The summed E-state index contributed by atoms with van der Waals surface area (Å²) in [6, 6.07) is 34.1. The Morgan fingerprint density at radius 1 is 0.531 bits per heavy atom. The van der Waals surface area contributed by atoms with Gasteiger partial charge in [0.2, 0.25) is 0 Å². The highest BCUT2D eigenvalue weighted by Gasteiger charge is 2.11. The first-order chi connectivity index (χ1) is 14.6. The van der Waals surface area contributed by atoms with Gasteiger partial charge in [0.1, 0.15) is 0 Å². The third-order valence-corrected chi connectivity index (χ3v) is 6.13. The molecular formula is C30H39NS. The molecule has 4 aromatic rings. The van der Waals surface area contributed by atoms with Crippen LogP contribution in [0, 0.1) is 0 Å². The van der Waals surface area contributed by atoms with Crippen molar-refractivity contribution in [3.8, 4) is 0 Å². The number of anilines is 3. The summed E-state index contributed by atoms with van der Waals surface area (Å²) in [5.74, 6) is 1.26. The zero-order chi connectivity index (χ0) is 21.3. The van der Waals surface area contributed by atoms with Gasteiger partial charge in [-0.2, -0.15) is 0 Å². The van der Waals surface area contributed by atoms with Crippen molar-refractivity contribution in [1.82, 2.24) is 0 Å². The second-order valence-electron chi connectivity index (χ2n) is 7.92. The van der Waals surface area contributed by atoms with Crippen molar-refractivity contribution in [3.05, 3.63) is 113 Å². The molecule has 32 heavy (non-hydrogen) atoms. The maximum absolute atomic E-state index is 2.28. The molecule has 0 aliphatic heterocycles. The van der Waals surface area contributed by atoms with Crippen LogP contribution in [0.15, 0.2) is 102 Å². The fourth-order valence-corrected chi connectivity index (χ4v) is 3.97. The molecule has 0 fully saturated rings. The zero-order valence-corrected chi connectivity index (χ0v) is 19.1. The van der Waals surface area contributed by atoms with E-state index in [1.165, 1.54) is 27.5 Å². The first-order valence-corrected chi connectivity index (χ1v) is 11.5. The minimum Gasteiger partial charge on any atom is -0.311 e. The standard InChI is InChI=1S/C21H21N.C7H10S.2CH4/c1-17(2)18-13-15-21(16-14-18)22(19-9-5-3-6-10-19)20-11-7-4-8-12-20;1-6(2)7-4-3-5-8-7;;/h3-17H,1-2H3;3-6H,1-2H3;2*1H4. The molecule has 1 nitrogen and oxygen atoms in total. The quantitative estimate of drug-likeness (QED) is 0.295. The summed E-state index contributed by atoms with van der Waals surface area (Å²) in [6.07, 6.45) is 0. The summed E-state index contributed by atoms with van der Waals surface area (Å²) >= 11 is 1.83. The van der Waals surface area contributed by atoms with Gasteiger partial charge < -0.3 is 4.90 Å². The van der Waals surface area contributed by atoms with Crippen molar-refractivity contribution < 1.29 is 0 Å². The number of benzene rings is 3. The van der Waals surface area contributed by atoms with Gasteiger partial charge in [0.05, 0.1) is 0 Å². The van der Waals surface area contributed by atoms with E-state index in [0.717, 1.165) is 0 Å². The van der Waals surface area contributed by atoms with Crippen molar-refractivity contribution in [2.45, 2.75) is 54.4 Å². The van der Waals surface area contributed by atoms with Crippen LogP contribution >= 0.6 is 11.3 Å². The van der Waals surface area contributed by atoms with E-state index in [-0.39, 0.29) is 14.9 Å². The molecule has 0 spiro atoms. The molecule has 0 saturated carbocycles. The van der Waals surface area contributed by atoms with Crippen LogP contribution in [0.2, 0.25) is 0 Å². The van der Waals surface area contributed by atoms with Crippen LogP contribution in [0.3, 0.4) is 0 Å². The molecular weight excluding hydrogens is 406 g/mol. The summed E-state index contributed by atoms with van der Waals surface area (Å²) in [5, 5.41) is 2.12. The first kappa shape index (κ1) is 27.2. The van der Waals surface area contributed by atoms with Gasteiger partial charge in [-0.3, -0.25) is 0 Å². The molecule has 170 valence electrons. The van der Waals surface area contributed by atoms with Gasteiger partial charge in [-0.05, 0) is 65.2 Å². The third kappa shape index (κ3) is 7.39. The largest absolute Gasteiger partial charge is 0.311 e. The normalized spacial score (nSPS) is 9.94. The zero-order valence-electron chi connectivity index (χ0n) is 18.3. The fourth-order valence-electron chi connectivity index (χ4n) is 3.23. The summed E-state index contributed by atoms with van der Waals surface area (Å²) < 4.78 is 0. The number of para-hydroxylation sites is 2. The monoisotopic (exact) mass is 445 g/mol. The van der Waals surface area contributed by atoms with Crippen LogP contribution in [-0.2, 0) is 0 Å². The second kappa shape index (κ2) is 13.5. The average molecular weight is 446 g/mol. The summed E-state index contributed by atoms with van der Waals surface area (Å²) in [6.45, 7) is 8.88. The minimum absolute atomic E-state index is 0. The van der Waals surface area contributed by atoms with Crippen molar-refractivity contribution in [1.29, 1.82) is 0 Å². The van der Waals surface area contributed by atoms with E-state index >= 15 is 0 Å². The SMILES string of the molecule is C.C.CC(C)c1ccc(N(c2ccccc2)c2ccccc2)cc1.CC(C)c1cccs1. The number of rotatable bonds is 5. The van der Waals surface area contributed by atoms with E-state index in [1.54, 1.807) is 0 Å². The van der Waals surface area contributed by atoms with E-state index in [1.807, 2.05) is 11.3 Å². The van der Waals surface area contributed by atoms with Crippen LogP contribution in [0.5, 0.6) is 0 Å². The van der Waals surface area contributed by atoms with E-state index in [4.69, 9.17) is 0 Å². The van der Waals surface area contributed by atoms with Crippen LogP contribution < -0.4 is 4.90 Å². The van der Waals surface area contributed by atoms with E-state index < -0.39 is 0 Å². The van der Waals surface area contributed by atoms with E-state index in [0.29, 0.717) is 11.8 Å². The Morgan fingerprint density at radius 2 is 1.00 bits per heavy atom. The predicted molar refractivity (Wildman–Crippen MR) is 147 cm³/mol. The fraction of sp³-hybridized carbons (Fsp3) is 0.267. The maximum atomic E-state index is 2.28. The summed E-state index contributed by atoms with van der Waals surface area (Å²) in [5.41, 5.74) is 4.89. The third-order valence-electron chi connectivity index (χ3n) is 4.96. The Hall–Kier alpha value is -2.84. The Kier molecular flexibility index (Phi) is 11.5. The highest BCUT2D eigenvalue weighted by molar-refractivity contribution is 7.10. The van der Waals surface area contributed by atoms with Crippen LogP contribution in [0.1, 0.15) is 64.8 Å². The van der Waals surface area contributed by atoms with Crippen LogP contribution in [0.25, 0.3) is 0 Å².